The lowest BCUT2D eigenvalue weighted by molar-refractivity contribution is 0.0900. The van der Waals surface area contributed by atoms with Crippen LogP contribution >= 0.6 is 0 Å². The highest BCUT2D eigenvalue weighted by molar-refractivity contribution is 6.76. The first-order valence-corrected chi connectivity index (χ1v) is 14.0. The lowest BCUT2D eigenvalue weighted by Gasteiger charge is -2.31. The molecule has 1 fully saturated rings. The van der Waals surface area contributed by atoms with E-state index in [9.17, 15) is 4.79 Å². The summed E-state index contributed by atoms with van der Waals surface area (Å²) in [5.74, 6) is 0.229. The van der Waals surface area contributed by atoms with Gasteiger partial charge in [-0.05, 0) is 49.0 Å². The van der Waals surface area contributed by atoms with Gasteiger partial charge in [0, 0.05) is 34.0 Å². The van der Waals surface area contributed by atoms with Gasteiger partial charge >= 0.3 is 0 Å². The molecule has 1 aliphatic rings. The molecule has 3 heterocycles. The number of hydrogen-bond acceptors (Lipinski definition) is 4. The summed E-state index contributed by atoms with van der Waals surface area (Å²) in [6.07, 6.45) is 4.51. The Kier molecular flexibility index (Phi) is 6.57. The number of nitrogens with two attached hydrogens (primary N) is 1. The molecule has 154 valence electrons. The van der Waals surface area contributed by atoms with Gasteiger partial charge < -0.3 is 15.0 Å². The molecule has 2 aromatic heterocycles. The first-order chi connectivity index (χ1) is 13.2. The highest BCUT2D eigenvalue weighted by Gasteiger charge is 2.20. The highest BCUT2D eigenvalue weighted by Crippen LogP contribution is 2.24. The smallest absolute Gasteiger partial charge is 0.267 e. The number of aromatic nitrogens is 2. The van der Waals surface area contributed by atoms with Crippen molar-refractivity contribution in [2.45, 2.75) is 58.7 Å². The average Bonchev–Trinajstić information content (AvgIpc) is 3.01. The number of hydrogen-bond donors (Lipinski definition) is 1. The van der Waals surface area contributed by atoms with Crippen LogP contribution in [0.1, 0.15) is 35.8 Å². The number of amides is 1. The Labute approximate surface area is 169 Å². The second kappa shape index (κ2) is 8.76. The van der Waals surface area contributed by atoms with Crippen molar-refractivity contribution >= 4 is 25.0 Å². The third kappa shape index (κ3) is 5.43. The van der Waals surface area contributed by atoms with E-state index in [0.29, 0.717) is 18.3 Å². The standard InChI is InChI=1S/C21H34N4O2Si/c1-16-6-5-8-24(13-16)14-17-12-19(21(22)26)23-18-7-9-25(20(17)18)15-27-10-11-28(2,3)4/h7,9,12,16H,5-6,8,10-11,13-15H2,1-4H3,(H2,22,26)/t16-/m0/s1. The van der Waals surface area contributed by atoms with Gasteiger partial charge in [-0.3, -0.25) is 9.69 Å². The van der Waals surface area contributed by atoms with Crippen molar-refractivity contribution in [2.24, 2.45) is 11.7 Å². The highest BCUT2D eigenvalue weighted by atomic mass is 28.3. The molecule has 0 aliphatic carbocycles. The molecule has 2 aromatic rings. The maximum absolute atomic E-state index is 11.8. The van der Waals surface area contributed by atoms with Crippen molar-refractivity contribution in [3.05, 3.63) is 29.6 Å². The minimum absolute atomic E-state index is 0.338. The van der Waals surface area contributed by atoms with Crippen molar-refractivity contribution in [2.75, 3.05) is 19.7 Å². The number of piperidine rings is 1. The summed E-state index contributed by atoms with van der Waals surface area (Å²) in [6, 6.07) is 4.96. The van der Waals surface area contributed by atoms with Gasteiger partial charge in [-0.15, -0.1) is 0 Å². The quantitative estimate of drug-likeness (QED) is 0.540. The molecule has 0 spiro atoms. The van der Waals surface area contributed by atoms with Gasteiger partial charge in [-0.2, -0.15) is 0 Å². The Bertz CT molecular complexity index is 828. The van der Waals surface area contributed by atoms with Gasteiger partial charge in [0.25, 0.3) is 5.91 Å². The molecule has 6 nitrogen and oxygen atoms in total. The van der Waals surface area contributed by atoms with Crippen LogP contribution in [0.5, 0.6) is 0 Å². The van der Waals surface area contributed by atoms with E-state index in [1.165, 1.54) is 12.8 Å². The van der Waals surface area contributed by atoms with Crippen molar-refractivity contribution in [1.29, 1.82) is 0 Å². The first kappa shape index (κ1) is 21.0. The summed E-state index contributed by atoms with van der Waals surface area (Å²) < 4.78 is 8.08. The van der Waals surface area contributed by atoms with Crippen LogP contribution in [0, 0.1) is 5.92 Å². The molecule has 1 atom stereocenters. The van der Waals surface area contributed by atoms with Crippen LogP contribution in [0.3, 0.4) is 0 Å². The number of carbonyl (C=O) groups is 1. The second-order valence-electron chi connectivity index (χ2n) is 9.38. The number of rotatable bonds is 8. The Balaban J connectivity index is 1.83. The monoisotopic (exact) mass is 402 g/mol. The molecular weight excluding hydrogens is 368 g/mol. The number of nitrogens with zero attached hydrogens (tertiary/aromatic N) is 3. The molecule has 0 unspecified atom stereocenters. The molecule has 0 aromatic carbocycles. The van der Waals surface area contributed by atoms with Crippen LogP contribution in [0.2, 0.25) is 25.7 Å². The SMILES string of the molecule is C[C@H]1CCCN(Cc2cc(C(N)=O)nc3ccn(COCC[Si](C)(C)C)c23)C1. The molecule has 1 saturated heterocycles. The fourth-order valence-corrected chi connectivity index (χ4v) is 4.62. The van der Waals surface area contributed by atoms with E-state index in [4.69, 9.17) is 10.5 Å². The lowest BCUT2D eigenvalue weighted by atomic mass is 9.99. The first-order valence-electron chi connectivity index (χ1n) is 10.3. The van der Waals surface area contributed by atoms with E-state index in [2.05, 4.69) is 41.0 Å². The largest absolute Gasteiger partial charge is 0.364 e. The normalized spacial score (nSPS) is 18.6. The fraction of sp³-hybridized carbons (Fsp3) is 0.619. The summed E-state index contributed by atoms with van der Waals surface area (Å²) in [4.78, 5) is 18.7. The van der Waals surface area contributed by atoms with Crippen LogP contribution in [0.25, 0.3) is 11.0 Å². The van der Waals surface area contributed by atoms with E-state index in [-0.39, 0.29) is 0 Å². The van der Waals surface area contributed by atoms with Gasteiger partial charge in [0.05, 0.1) is 11.0 Å². The third-order valence-corrected chi connectivity index (χ3v) is 7.12. The van der Waals surface area contributed by atoms with Crippen molar-refractivity contribution in [3.63, 3.8) is 0 Å². The number of primary amides is 1. The minimum atomic E-state index is -1.10. The Morgan fingerprint density at radius 1 is 1.39 bits per heavy atom. The summed E-state index contributed by atoms with van der Waals surface area (Å²) >= 11 is 0. The summed E-state index contributed by atoms with van der Waals surface area (Å²) in [5, 5.41) is 0. The summed E-state index contributed by atoms with van der Waals surface area (Å²) in [7, 11) is -1.10. The van der Waals surface area contributed by atoms with Gasteiger partial charge in [-0.1, -0.05) is 26.6 Å². The number of pyridine rings is 1. The molecule has 0 radical (unpaired) electrons. The van der Waals surface area contributed by atoms with Gasteiger partial charge in [0.15, 0.2) is 0 Å². The molecule has 0 saturated carbocycles. The number of fused-ring (bicyclic) bond motifs is 1. The zero-order chi connectivity index (χ0) is 20.3. The molecule has 7 heteroatoms. The van der Waals surface area contributed by atoms with Gasteiger partial charge in [0.2, 0.25) is 0 Å². The van der Waals surface area contributed by atoms with Crippen LogP contribution in [-0.2, 0) is 18.0 Å². The topological polar surface area (TPSA) is 73.4 Å². The Hall–Kier alpha value is -1.70. The van der Waals surface area contributed by atoms with Gasteiger partial charge in [-0.25, -0.2) is 4.98 Å². The van der Waals surface area contributed by atoms with Crippen LogP contribution in [-0.4, -0.2) is 48.1 Å². The maximum Gasteiger partial charge on any atom is 0.267 e. The average molecular weight is 403 g/mol. The number of ether oxygens (including phenoxy) is 1. The lowest BCUT2D eigenvalue weighted by Crippen LogP contribution is -2.34. The van der Waals surface area contributed by atoms with E-state index in [0.717, 1.165) is 48.9 Å². The van der Waals surface area contributed by atoms with E-state index >= 15 is 0 Å². The van der Waals surface area contributed by atoms with Crippen molar-refractivity contribution in [1.82, 2.24) is 14.5 Å². The van der Waals surface area contributed by atoms with Crippen LogP contribution in [0.15, 0.2) is 18.3 Å². The summed E-state index contributed by atoms with van der Waals surface area (Å²) in [6.45, 7) is 13.6. The molecule has 0 bridgehead atoms. The van der Waals surface area contributed by atoms with Crippen LogP contribution in [0.4, 0.5) is 0 Å². The molecule has 3 rings (SSSR count). The zero-order valence-corrected chi connectivity index (χ0v) is 18.7. The molecule has 2 N–H and O–H groups in total. The van der Waals surface area contributed by atoms with Crippen molar-refractivity contribution in [3.8, 4) is 0 Å². The third-order valence-electron chi connectivity index (χ3n) is 5.41. The second-order valence-corrected chi connectivity index (χ2v) is 15.0. The molecule has 1 amide bonds. The van der Waals surface area contributed by atoms with E-state index in [1.54, 1.807) is 0 Å². The number of carbonyl (C=O) groups excluding carboxylic acids is 1. The Morgan fingerprint density at radius 2 is 2.18 bits per heavy atom. The zero-order valence-electron chi connectivity index (χ0n) is 17.7. The Morgan fingerprint density at radius 3 is 2.86 bits per heavy atom. The molecular formula is C21H34N4O2Si. The number of likely N-dealkylation sites (tertiary alicyclic amines) is 1. The predicted molar refractivity (Wildman–Crippen MR) is 116 cm³/mol. The molecule has 28 heavy (non-hydrogen) atoms. The summed E-state index contributed by atoms with van der Waals surface area (Å²) in [5.41, 5.74) is 8.84. The maximum atomic E-state index is 11.8. The van der Waals surface area contributed by atoms with Gasteiger partial charge in [0.1, 0.15) is 12.4 Å². The van der Waals surface area contributed by atoms with Crippen LogP contribution < -0.4 is 5.73 Å². The minimum Gasteiger partial charge on any atom is -0.364 e. The van der Waals surface area contributed by atoms with E-state index < -0.39 is 14.0 Å². The molecule has 1 aliphatic heterocycles. The fourth-order valence-electron chi connectivity index (χ4n) is 3.86. The predicted octanol–water partition coefficient (Wildman–Crippen LogP) is 3.68. The van der Waals surface area contributed by atoms with Crippen molar-refractivity contribution < 1.29 is 9.53 Å². The van der Waals surface area contributed by atoms with E-state index in [1.807, 2.05) is 18.3 Å².